The van der Waals surface area contributed by atoms with Gasteiger partial charge < -0.3 is 10.2 Å². The Hall–Kier alpha value is -2.66. The molecule has 3 aromatic rings. The molecule has 2 amide bonds. The number of hydrogen-bond donors (Lipinski definition) is 1. The SMILES string of the molecule is CCN(C(=O)N[C@@H](C)c1ccc(Cl)cc1)C1CCC(c2ccnc3ccc(F)cc23)CC1. The summed E-state index contributed by atoms with van der Waals surface area (Å²) in [5.74, 6) is 0.123. The Balaban J connectivity index is 1.41. The quantitative estimate of drug-likeness (QED) is 0.459. The maximum absolute atomic E-state index is 13.8. The van der Waals surface area contributed by atoms with Crippen LogP contribution in [0.25, 0.3) is 10.9 Å². The lowest BCUT2D eigenvalue weighted by molar-refractivity contribution is 0.153. The summed E-state index contributed by atoms with van der Waals surface area (Å²) in [6.45, 7) is 4.68. The first kappa shape index (κ1) is 22.5. The highest BCUT2D eigenvalue weighted by Crippen LogP contribution is 2.37. The number of nitrogens with one attached hydrogen (secondary N) is 1. The molecule has 1 saturated carbocycles. The minimum atomic E-state index is -0.232. The van der Waals surface area contributed by atoms with Gasteiger partial charge in [-0.2, -0.15) is 0 Å². The highest BCUT2D eigenvalue weighted by Gasteiger charge is 2.30. The van der Waals surface area contributed by atoms with Gasteiger partial charge in [0.1, 0.15) is 5.82 Å². The zero-order valence-electron chi connectivity index (χ0n) is 18.5. The van der Waals surface area contributed by atoms with Crippen LogP contribution in [-0.2, 0) is 0 Å². The number of carbonyl (C=O) groups excluding carboxylic acids is 1. The standard InChI is InChI=1S/C26H29ClFN3O/c1-3-31(26(32)30-17(2)18-4-8-20(27)9-5-18)22-11-6-19(7-12-22)23-14-15-29-25-13-10-21(28)16-24(23)25/h4-5,8-10,13-17,19,22H,3,6-7,11-12H2,1-2H3,(H,30,32)/t17-,19?,22?/m0/s1. The van der Waals surface area contributed by atoms with Crippen LogP contribution in [0.3, 0.4) is 0 Å². The van der Waals surface area contributed by atoms with E-state index in [1.165, 1.54) is 6.07 Å². The summed E-state index contributed by atoms with van der Waals surface area (Å²) in [6, 6.07) is 14.5. The van der Waals surface area contributed by atoms with E-state index in [0.29, 0.717) is 17.5 Å². The number of fused-ring (bicyclic) bond motifs is 1. The van der Waals surface area contributed by atoms with Gasteiger partial charge in [-0.3, -0.25) is 4.98 Å². The molecule has 4 nitrogen and oxygen atoms in total. The van der Waals surface area contributed by atoms with Gasteiger partial charge in [-0.15, -0.1) is 0 Å². The fourth-order valence-corrected chi connectivity index (χ4v) is 4.99. The number of amides is 2. The van der Waals surface area contributed by atoms with Gasteiger partial charge in [0.2, 0.25) is 0 Å². The molecule has 1 aliphatic carbocycles. The third-order valence-corrected chi connectivity index (χ3v) is 6.88. The van der Waals surface area contributed by atoms with E-state index >= 15 is 0 Å². The predicted octanol–water partition coefficient (Wildman–Crippen LogP) is 6.85. The molecule has 6 heteroatoms. The van der Waals surface area contributed by atoms with Gasteiger partial charge in [-0.1, -0.05) is 23.7 Å². The van der Waals surface area contributed by atoms with Gasteiger partial charge >= 0.3 is 6.03 Å². The molecular formula is C26H29ClFN3O. The van der Waals surface area contributed by atoms with Crippen molar-refractivity contribution < 1.29 is 9.18 Å². The zero-order valence-corrected chi connectivity index (χ0v) is 19.3. The number of carbonyl (C=O) groups is 1. The lowest BCUT2D eigenvalue weighted by Gasteiger charge is -2.37. The number of hydrogen-bond acceptors (Lipinski definition) is 2. The molecule has 32 heavy (non-hydrogen) atoms. The Morgan fingerprint density at radius 2 is 1.88 bits per heavy atom. The van der Waals surface area contributed by atoms with Crippen molar-refractivity contribution in [2.75, 3.05) is 6.54 Å². The lowest BCUT2D eigenvalue weighted by Crippen LogP contribution is -2.47. The molecule has 4 rings (SSSR count). The summed E-state index contributed by atoms with van der Waals surface area (Å²) in [7, 11) is 0. The van der Waals surface area contributed by atoms with Crippen LogP contribution >= 0.6 is 11.6 Å². The molecule has 0 saturated heterocycles. The monoisotopic (exact) mass is 453 g/mol. The first-order valence-electron chi connectivity index (χ1n) is 11.3. The van der Waals surface area contributed by atoms with Crippen molar-refractivity contribution in [2.24, 2.45) is 0 Å². The lowest BCUT2D eigenvalue weighted by atomic mass is 9.80. The Bertz CT molecular complexity index is 1080. The molecule has 168 valence electrons. The molecule has 1 atom stereocenters. The second-order valence-corrected chi connectivity index (χ2v) is 9.01. The van der Waals surface area contributed by atoms with Gasteiger partial charge in [-0.05, 0) is 93.0 Å². The number of halogens is 2. The zero-order chi connectivity index (χ0) is 22.7. The fourth-order valence-electron chi connectivity index (χ4n) is 4.86. The van der Waals surface area contributed by atoms with Crippen LogP contribution in [0.4, 0.5) is 9.18 Å². The van der Waals surface area contributed by atoms with Gasteiger partial charge in [0.15, 0.2) is 0 Å². The van der Waals surface area contributed by atoms with E-state index in [1.54, 1.807) is 12.1 Å². The Labute approximate surface area is 193 Å². The Morgan fingerprint density at radius 1 is 1.16 bits per heavy atom. The van der Waals surface area contributed by atoms with Crippen LogP contribution < -0.4 is 5.32 Å². The van der Waals surface area contributed by atoms with Crippen LogP contribution in [-0.4, -0.2) is 28.5 Å². The van der Waals surface area contributed by atoms with E-state index < -0.39 is 0 Å². The van der Waals surface area contributed by atoms with Crippen LogP contribution in [0.5, 0.6) is 0 Å². The van der Waals surface area contributed by atoms with E-state index in [2.05, 4.69) is 10.3 Å². The summed E-state index contributed by atoms with van der Waals surface area (Å²) in [5, 5.41) is 4.72. The van der Waals surface area contributed by atoms with Crippen molar-refractivity contribution >= 4 is 28.5 Å². The van der Waals surface area contributed by atoms with Gasteiger partial charge in [0.05, 0.1) is 11.6 Å². The highest BCUT2D eigenvalue weighted by molar-refractivity contribution is 6.30. The number of rotatable bonds is 5. The van der Waals surface area contributed by atoms with Crippen molar-refractivity contribution in [1.29, 1.82) is 0 Å². The van der Waals surface area contributed by atoms with E-state index in [9.17, 15) is 9.18 Å². The first-order valence-corrected chi connectivity index (χ1v) is 11.7. The third kappa shape index (κ3) is 4.88. The number of nitrogens with zero attached hydrogens (tertiary/aromatic N) is 2. The van der Waals surface area contributed by atoms with E-state index in [1.807, 2.05) is 55.3 Å². The molecule has 1 heterocycles. The highest BCUT2D eigenvalue weighted by atomic mass is 35.5. The van der Waals surface area contributed by atoms with Crippen molar-refractivity contribution in [3.8, 4) is 0 Å². The fraction of sp³-hybridized carbons (Fsp3) is 0.385. The summed E-state index contributed by atoms with van der Waals surface area (Å²) >= 11 is 5.97. The summed E-state index contributed by atoms with van der Waals surface area (Å²) < 4.78 is 13.8. The number of urea groups is 1. The minimum absolute atomic E-state index is 0.0326. The molecule has 0 spiro atoms. The molecule has 1 N–H and O–H groups in total. The van der Waals surface area contributed by atoms with Crippen LogP contribution in [0.15, 0.2) is 54.7 Å². The van der Waals surface area contributed by atoms with Gasteiger partial charge in [-0.25, -0.2) is 9.18 Å². The molecular weight excluding hydrogens is 425 g/mol. The van der Waals surface area contributed by atoms with E-state index in [-0.39, 0.29) is 23.9 Å². The molecule has 0 aliphatic heterocycles. The molecule has 0 bridgehead atoms. The smallest absolute Gasteiger partial charge is 0.318 e. The first-order chi connectivity index (χ1) is 15.5. The minimum Gasteiger partial charge on any atom is -0.331 e. The maximum Gasteiger partial charge on any atom is 0.318 e. The molecule has 0 unspecified atom stereocenters. The van der Waals surface area contributed by atoms with E-state index in [4.69, 9.17) is 11.6 Å². The second-order valence-electron chi connectivity index (χ2n) is 8.58. The second kappa shape index (κ2) is 9.86. The summed E-state index contributed by atoms with van der Waals surface area (Å²) in [4.78, 5) is 19.4. The van der Waals surface area contributed by atoms with Crippen molar-refractivity contribution in [1.82, 2.24) is 15.2 Å². The van der Waals surface area contributed by atoms with E-state index in [0.717, 1.165) is 47.7 Å². The maximum atomic E-state index is 13.8. The topological polar surface area (TPSA) is 45.2 Å². The van der Waals surface area contributed by atoms with Gasteiger partial charge in [0, 0.05) is 29.2 Å². The predicted molar refractivity (Wildman–Crippen MR) is 127 cm³/mol. The Kier molecular flexibility index (Phi) is 6.95. The summed E-state index contributed by atoms with van der Waals surface area (Å²) in [6.07, 6.45) is 5.61. The number of benzene rings is 2. The normalized spacial score (nSPS) is 19.5. The average molecular weight is 454 g/mol. The Morgan fingerprint density at radius 3 is 2.56 bits per heavy atom. The van der Waals surface area contributed by atoms with Crippen LogP contribution in [0.1, 0.15) is 62.6 Å². The number of aromatic nitrogens is 1. The molecule has 0 radical (unpaired) electrons. The molecule has 1 aromatic heterocycles. The number of pyridine rings is 1. The largest absolute Gasteiger partial charge is 0.331 e. The van der Waals surface area contributed by atoms with Crippen molar-refractivity contribution in [3.63, 3.8) is 0 Å². The molecule has 1 fully saturated rings. The molecule has 1 aliphatic rings. The van der Waals surface area contributed by atoms with Gasteiger partial charge in [0.25, 0.3) is 0 Å². The molecule has 2 aromatic carbocycles. The summed E-state index contributed by atoms with van der Waals surface area (Å²) in [5.41, 5.74) is 3.02. The third-order valence-electron chi connectivity index (χ3n) is 6.63. The van der Waals surface area contributed by atoms with Crippen LogP contribution in [0, 0.1) is 5.82 Å². The van der Waals surface area contributed by atoms with Crippen LogP contribution in [0.2, 0.25) is 5.02 Å². The average Bonchev–Trinajstić information content (AvgIpc) is 2.80. The van der Waals surface area contributed by atoms with Crippen molar-refractivity contribution in [2.45, 2.75) is 57.5 Å². The van der Waals surface area contributed by atoms with Crippen molar-refractivity contribution in [3.05, 3.63) is 76.7 Å².